The second-order valence-corrected chi connectivity index (χ2v) is 7.66. The summed E-state index contributed by atoms with van der Waals surface area (Å²) in [6.07, 6.45) is 2.99. The van der Waals surface area contributed by atoms with Crippen molar-refractivity contribution < 1.29 is 12.8 Å². The van der Waals surface area contributed by atoms with Gasteiger partial charge < -0.3 is 5.32 Å². The van der Waals surface area contributed by atoms with Crippen molar-refractivity contribution in [3.05, 3.63) is 29.6 Å². The summed E-state index contributed by atoms with van der Waals surface area (Å²) in [5.41, 5.74) is 0.791. The minimum atomic E-state index is -3.80. The molecule has 1 saturated carbocycles. The monoisotopic (exact) mass is 314 g/mol. The summed E-state index contributed by atoms with van der Waals surface area (Å²) >= 11 is 0. The molecule has 118 valence electrons. The molecule has 1 aliphatic rings. The van der Waals surface area contributed by atoms with Gasteiger partial charge in [-0.3, -0.25) is 0 Å². The number of hydrogen-bond acceptors (Lipinski definition) is 3. The van der Waals surface area contributed by atoms with E-state index in [2.05, 4.69) is 5.32 Å². The average molecular weight is 314 g/mol. The molecule has 1 aromatic rings. The maximum absolute atomic E-state index is 14.0. The number of hydrogen-bond donors (Lipinski definition) is 1. The highest BCUT2D eigenvalue weighted by Crippen LogP contribution is 2.23. The molecule has 0 bridgehead atoms. The maximum atomic E-state index is 14.0. The second-order valence-electron chi connectivity index (χ2n) is 5.70. The van der Waals surface area contributed by atoms with Crippen LogP contribution in [0.3, 0.4) is 0 Å². The first-order chi connectivity index (χ1) is 9.86. The predicted octanol–water partition coefficient (Wildman–Crippen LogP) is 2.50. The third-order valence-electron chi connectivity index (χ3n) is 4.04. The SMILES string of the molecule is CCC(C)N(C)S(=O)(=O)c1cc(CNC2CC2)ccc1F. The van der Waals surface area contributed by atoms with E-state index in [1.807, 2.05) is 13.8 Å². The van der Waals surface area contributed by atoms with Crippen LogP contribution in [0.2, 0.25) is 0 Å². The molecule has 0 amide bonds. The molecule has 0 radical (unpaired) electrons. The number of nitrogens with one attached hydrogen (secondary N) is 1. The van der Waals surface area contributed by atoms with Crippen molar-refractivity contribution in [2.75, 3.05) is 7.05 Å². The predicted molar refractivity (Wildman–Crippen MR) is 81.0 cm³/mol. The van der Waals surface area contributed by atoms with Crippen molar-refractivity contribution in [3.8, 4) is 0 Å². The van der Waals surface area contributed by atoms with E-state index in [0.717, 1.165) is 18.4 Å². The summed E-state index contributed by atoms with van der Waals surface area (Å²) < 4.78 is 40.3. The average Bonchev–Trinajstić information content (AvgIpc) is 3.28. The molecule has 2 rings (SSSR count). The van der Waals surface area contributed by atoms with Crippen LogP contribution in [0.4, 0.5) is 4.39 Å². The van der Waals surface area contributed by atoms with Gasteiger partial charge in [0.15, 0.2) is 0 Å². The smallest absolute Gasteiger partial charge is 0.245 e. The molecule has 0 saturated heterocycles. The van der Waals surface area contributed by atoms with E-state index in [-0.39, 0.29) is 10.9 Å². The van der Waals surface area contributed by atoms with Crippen molar-refractivity contribution in [3.63, 3.8) is 0 Å². The third kappa shape index (κ3) is 3.81. The van der Waals surface area contributed by atoms with Crippen LogP contribution in [0.15, 0.2) is 23.1 Å². The van der Waals surface area contributed by atoms with Crippen molar-refractivity contribution >= 4 is 10.0 Å². The van der Waals surface area contributed by atoms with Gasteiger partial charge in [-0.15, -0.1) is 0 Å². The third-order valence-corrected chi connectivity index (χ3v) is 6.02. The molecule has 0 aliphatic heterocycles. The Morgan fingerprint density at radius 3 is 2.67 bits per heavy atom. The second kappa shape index (κ2) is 6.42. The van der Waals surface area contributed by atoms with Crippen LogP contribution in [0.25, 0.3) is 0 Å². The van der Waals surface area contributed by atoms with E-state index < -0.39 is 15.8 Å². The molecule has 0 heterocycles. The van der Waals surface area contributed by atoms with Crippen molar-refractivity contribution in [1.29, 1.82) is 0 Å². The lowest BCUT2D eigenvalue weighted by molar-refractivity contribution is 0.378. The summed E-state index contributed by atoms with van der Waals surface area (Å²) in [5, 5.41) is 3.30. The van der Waals surface area contributed by atoms with Gasteiger partial charge >= 0.3 is 0 Å². The van der Waals surface area contributed by atoms with Gasteiger partial charge in [0.05, 0.1) is 0 Å². The number of sulfonamides is 1. The Morgan fingerprint density at radius 1 is 1.43 bits per heavy atom. The van der Waals surface area contributed by atoms with Crippen molar-refractivity contribution in [2.24, 2.45) is 0 Å². The summed E-state index contributed by atoms with van der Waals surface area (Å²) in [4.78, 5) is -0.236. The molecular formula is C15H23FN2O2S. The lowest BCUT2D eigenvalue weighted by Gasteiger charge is -2.23. The minimum Gasteiger partial charge on any atom is -0.310 e. The van der Waals surface area contributed by atoms with Crippen LogP contribution >= 0.6 is 0 Å². The molecule has 1 aliphatic carbocycles. The van der Waals surface area contributed by atoms with Gasteiger partial charge in [0, 0.05) is 25.7 Å². The fraction of sp³-hybridized carbons (Fsp3) is 0.600. The molecule has 21 heavy (non-hydrogen) atoms. The van der Waals surface area contributed by atoms with E-state index in [9.17, 15) is 12.8 Å². The minimum absolute atomic E-state index is 0.164. The summed E-state index contributed by atoms with van der Waals surface area (Å²) in [6, 6.07) is 4.67. The van der Waals surface area contributed by atoms with E-state index in [4.69, 9.17) is 0 Å². The van der Waals surface area contributed by atoms with Crippen LogP contribution in [-0.2, 0) is 16.6 Å². The Morgan fingerprint density at radius 2 is 2.10 bits per heavy atom. The molecule has 1 aromatic carbocycles. The number of halogens is 1. The van der Waals surface area contributed by atoms with Crippen molar-refractivity contribution in [2.45, 2.75) is 56.6 Å². The Labute approximate surface area is 126 Å². The molecular weight excluding hydrogens is 291 g/mol. The van der Waals surface area contributed by atoms with Gasteiger partial charge in [0.1, 0.15) is 10.7 Å². The van der Waals surface area contributed by atoms with Crippen LogP contribution in [0.1, 0.15) is 38.7 Å². The quantitative estimate of drug-likeness (QED) is 0.841. The first kappa shape index (κ1) is 16.4. The van der Waals surface area contributed by atoms with Crippen LogP contribution in [0.5, 0.6) is 0 Å². The van der Waals surface area contributed by atoms with Gasteiger partial charge in [0.25, 0.3) is 0 Å². The topological polar surface area (TPSA) is 49.4 Å². The van der Waals surface area contributed by atoms with E-state index in [1.54, 1.807) is 6.07 Å². The van der Waals surface area contributed by atoms with Gasteiger partial charge in [0.2, 0.25) is 10.0 Å². The van der Waals surface area contributed by atoms with E-state index in [1.165, 1.54) is 23.5 Å². The van der Waals surface area contributed by atoms with Gasteiger partial charge in [-0.1, -0.05) is 13.0 Å². The normalized spacial score (nSPS) is 17.2. The lowest BCUT2D eigenvalue weighted by Crippen LogP contribution is -2.35. The first-order valence-corrected chi connectivity index (χ1v) is 8.80. The van der Waals surface area contributed by atoms with Gasteiger partial charge in [-0.25, -0.2) is 12.8 Å². The zero-order valence-corrected chi connectivity index (χ0v) is 13.6. The van der Waals surface area contributed by atoms with Crippen LogP contribution in [0, 0.1) is 5.82 Å². The van der Waals surface area contributed by atoms with Crippen LogP contribution in [-0.4, -0.2) is 31.9 Å². The summed E-state index contributed by atoms with van der Waals surface area (Å²) in [7, 11) is -2.30. The van der Waals surface area contributed by atoms with Crippen molar-refractivity contribution in [1.82, 2.24) is 9.62 Å². The fourth-order valence-electron chi connectivity index (χ4n) is 2.05. The molecule has 1 unspecified atom stereocenters. The molecule has 0 spiro atoms. The zero-order chi connectivity index (χ0) is 15.6. The standard InChI is InChI=1S/C15H23FN2O2S/c1-4-11(2)18(3)21(19,20)15-9-12(5-8-14(15)16)10-17-13-6-7-13/h5,8-9,11,13,17H,4,6-7,10H2,1-3H3. The molecule has 1 atom stereocenters. The highest BCUT2D eigenvalue weighted by Gasteiger charge is 2.28. The Hall–Kier alpha value is -0.980. The molecule has 1 N–H and O–H groups in total. The molecule has 1 fully saturated rings. The fourth-order valence-corrected chi connectivity index (χ4v) is 3.60. The van der Waals surface area contributed by atoms with Gasteiger partial charge in [-0.2, -0.15) is 4.31 Å². The Kier molecular flexibility index (Phi) is 5.01. The first-order valence-electron chi connectivity index (χ1n) is 7.36. The zero-order valence-electron chi connectivity index (χ0n) is 12.8. The number of nitrogens with zero attached hydrogens (tertiary/aromatic N) is 1. The highest BCUT2D eigenvalue weighted by molar-refractivity contribution is 7.89. The van der Waals surface area contributed by atoms with E-state index in [0.29, 0.717) is 19.0 Å². The maximum Gasteiger partial charge on any atom is 0.245 e. The Balaban J connectivity index is 2.25. The largest absolute Gasteiger partial charge is 0.310 e. The molecule has 6 heteroatoms. The highest BCUT2D eigenvalue weighted by atomic mass is 32.2. The number of rotatable bonds is 7. The van der Waals surface area contributed by atoms with Gasteiger partial charge in [-0.05, 0) is 43.9 Å². The number of benzene rings is 1. The summed E-state index contributed by atoms with van der Waals surface area (Å²) in [5.74, 6) is -0.694. The summed E-state index contributed by atoms with van der Waals surface area (Å²) in [6.45, 7) is 4.29. The molecule has 4 nitrogen and oxygen atoms in total. The molecule has 0 aromatic heterocycles. The Bertz CT molecular complexity index is 600. The lowest BCUT2D eigenvalue weighted by atomic mass is 10.2. The van der Waals surface area contributed by atoms with E-state index >= 15 is 0 Å². The van der Waals surface area contributed by atoms with Crippen LogP contribution < -0.4 is 5.32 Å².